The van der Waals surface area contributed by atoms with Gasteiger partial charge in [0.15, 0.2) is 0 Å². The largest absolute Gasteiger partial charge is 0.490 e. The molecule has 17 heavy (non-hydrogen) atoms. The zero-order valence-electron chi connectivity index (χ0n) is 11.1. The van der Waals surface area contributed by atoms with Gasteiger partial charge in [-0.3, -0.25) is 0 Å². The lowest BCUT2D eigenvalue weighted by atomic mass is 9.99. The van der Waals surface area contributed by atoms with E-state index in [1.54, 1.807) is 0 Å². The van der Waals surface area contributed by atoms with E-state index in [0.29, 0.717) is 12.0 Å². The Morgan fingerprint density at radius 1 is 1.47 bits per heavy atom. The van der Waals surface area contributed by atoms with Gasteiger partial charge >= 0.3 is 0 Å². The Bertz CT molecular complexity index is 375. The van der Waals surface area contributed by atoms with Crippen molar-refractivity contribution in [1.82, 2.24) is 5.32 Å². The SMILES string of the molecule is CCNCC(C)CC1Cc2cc(C)ccc2O1. The monoisotopic (exact) mass is 233 g/mol. The molecule has 2 heteroatoms. The molecule has 0 spiro atoms. The first kappa shape index (κ1) is 12.4. The lowest BCUT2D eigenvalue weighted by molar-refractivity contribution is 0.197. The van der Waals surface area contributed by atoms with Gasteiger partial charge in [0.1, 0.15) is 11.9 Å². The molecule has 1 aromatic rings. The fraction of sp³-hybridized carbons (Fsp3) is 0.600. The zero-order valence-corrected chi connectivity index (χ0v) is 11.1. The molecule has 2 atom stereocenters. The topological polar surface area (TPSA) is 21.3 Å². The second kappa shape index (κ2) is 5.54. The van der Waals surface area contributed by atoms with Crippen molar-refractivity contribution in [1.29, 1.82) is 0 Å². The Balaban J connectivity index is 1.87. The molecular formula is C15H23NO. The molecule has 0 aromatic heterocycles. The molecule has 1 aromatic carbocycles. The van der Waals surface area contributed by atoms with Crippen LogP contribution >= 0.6 is 0 Å². The maximum absolute atomic E-state index is 5.98. The Morgan fingerprint density at radius 3 is 3.06 bits per heavy atom. The van der Waals surface area contributed by atoms with Crippen LogP contribution in [0.4, 0.5) is 0 Å². The Labute approximate surface area is 104 Å². The second-order valence-corrected chi connectivity index (χ2v) is 5.20. The molecule has 0 amide bonds. The van der Waals surface area contributed by atoms with Crippen LogP contribution in [0.2, 0.25) is 0 Å². The summed E-state index contributed by atoms with van der Waals surface area (Å²) in [5, 5.41) is 3.40. The first-order valence-corrected chi connectivity index (χ1v) is 6.66. The standard InChI is InChI=1S/C15H23NO/c1-4-16-10-12(3)8-14-9-13-7-11(2)5-6-15(13)17-14/h5-7,12,14,16H,4,8-10H2,1-3H3. The van der Waals surface area contributed by atoms with Gasteiger partial charge in [-0.1, -0.05) is 31.5 Å². The first-order valence-electron chi connectivity index (χ1n) is 6.66. The van der Waals surface area contributed by atoms with E-state index < -0.39 is 0 Å². The lowest BCUT2D eigenvalue weighted by Gasteiger charge is -2.16. The number of rotatable bonds is 5. The fourth-order valence-electron chi connectivity index (χ4n) is 2.50. The minimum atomic E-state index is 0.375. The summed E-state index contributed by atoms with van der Waals surface area (Å²) in [7, 11) is 0. The van der Waals surface area contributed by atoms with Gasteiger partial charge in [-0.15, -0.1) is 0 Å². The summed E-state index contributed by atoms with van der Waals surface area (Å²) < 4.78 is 5.98. The highest BCUT2D eigenvalue weighted by atomic mass is 16.5. The van der Waals surface area contributed by atoms with Crippen molar-refractivity contribution in [2.75, 3.05) is 13.1 Å². The molecule has 1 aliphatic heterocycles. The summed E-state index contributed by atoms with van der Waals surface area (Å²) in [6.07, 6.45) is 2.59. The Kier molecular flexibility index (Phi) is 4.06. The van der Waals surface area contributed by atoms with E-state index in [1.807, 2.05) is 0 Å². The van der Waals surface area contributed by atoms with E-state index in [-0.39, 0.29) is 0 Å². The predicted octanol–water partition coefficient (Wildman–Crippen LogP) is 2.93. The molecule has 0 saturated heterocycles. The average molecular weight is 233 g/mol. The van der Waals surface area contributed by atoms with Gasteiger partial charge in [0, 0.05) is 6.42 Å². The van der Waals surface area contributed by atoms with Gasteiger partial charge < -0.3 is 10.1 Å². The average Bonchev–Trinajstić information content (AvgIpc) is 2.67. The van der Waals surface area contributed by atoms with Gasteiger partial charge in [-0.2, -0.15) is 0 Å². The van der Waals surface area contributed by atoms with E-state index >= 15 is 0 Å². The quantitative estimate of drug-likeness (QED) is 0.844. The molecule has 0 aliphatic carbocycles. The van der Waals surface area contributed by atoms with Crippen molar-refractivity contribution in [3.63, 3.8) is 0 Å². The maximum Gasteiger partial charge on any atom is 0.123 e. The molecule has 1 N–H and O–H groups in total. The number of aryl methyl sites for hydroxylation is 1. The minimum absolute atomic E-state index is 0.375. The molecule has 2 nitrogen and oxygen atoms in total. The van der Waals surface area contributed by atoms with E-state index in [0.717, 1.165) is 31.7 Å². The van der Waals surface area contributed by atoms with Gasteiger partial charge in [0.2, 0.25) is 0 Å². The molecule has 0 fully saturated rings. The van der Waals surface area contributed by atoms with Crippen LogP contribution in [0.3, 0.4) is 0 Å². The van der Waals surface area contributed by atoms with Crippen molar-refractivity contribution in [3.8, 4) is 5.75 Å². The Hall–Kier alpha value is -1.02. The number of fused-ring (bicyclic) bond motifs is 1. The molecule has 0 radical (unpaired) electrons. The number of benzene rings is 1. The van der Waals surface area contributed by atoms with Crippen LogP contribution in [-0.4, -0.2) is 19.2 Å². The van der Waals surface area contributed by atoms with Gasteiger partial charge in [0.05, 0.1) is 0 Å². The highest BCUT2D eigenvalue weighted by Gasteiger charge is 2.24. The van der Waals surface area contributed by atoms with Gasteiger partial charge in [-0.25, -0.2) is 0 Å². The number of nitrogens with one attached hydrogen (secondary N) is 1. The van der Waals surface area contributed by atoms with Crippen molar-refractivity contribution < 1.29 is 4.74 Å². The fourth-order valence-corrected chi connectivity index (χ4v) is 2.50. The minimum Gasteiger partial charge on any atom is -0.490 e. The van der Waals surface area contributed by atoms with Crippen LogP contribution in [0.1, 0.15) is 31.4 Å². The summed E-state index contributed by atoms with van der Waals surface area (Å²) in [6.45, 7) is 8.72. The molecule has 1 aliphatic rings. The number of hydrogen-bond donors (Lipinski definition) is 1. The van der Waals surface area contributed by atoms with Crippen LogP contribution in [0.5, 0.6) is 5.75 Å². The first-order chi connectivity index (χ1) is 8.19. The van der Waals surface area contributed by atoms with Crippen LogP contribution < -0.4 is 10.1 Å². The highest BCUT2D eigenvalue weighted by molar-refractivity contribution is 5.40. The third-order valence-corrected chi connectivity index (χ3v) is 3.37. The molecule has 1 heterocycles. The van der Waals surface area contributed by atoms with Crippen LogP contribution in [0, 0.1) is 12.8 Å². The normalized spacial score (nSPS) is 19.8. The summed E-state index contributed by atoms with van der Waals surface area (Å²) >= 11 is 0. The second-order valence-electron chi connectivity index (χ2n) is 5.20. The van der Waals surface area contributed by atoms with Crippen molar-refractivity contribution in [2.45, 2.75) is 39.7 Å². The molecule has 94 valence electrons. The summed E-state index contributed by atoms with van der Waals surface area (Å²) in [5.74, 6) is 1.77. The zero-order chi connectivity index (χ0) is 12.3. The van der Waals surface area contributed by atoms with Crippen LogP contribution in [-0.2, 0) is 6.42 Å². The summed E-state index contributed by atoms with van der Waals surface area (Å²) in [6, 6.07) is 6.49. The Morgan fingerprint density at radius 2 is 2.29 bits per heavy atom. The lowest BCUT2D eigenvalue weighted by Crippen LogP contribution is -2.25. The molecule has 2 rings (SSSR count). The van der Waals surface area contributed by atoms with E-state index in [2.05, 4.69) is 44.3 Å². The predicted molar refractivity (Wildman–Crippen MR) is 71.6 cm³/mol. The summed E-state index contributed by atoms with van der Waals surface area (Å²) in [4.78, 5) is 0. The number of ether oxygens (including phenoxy) is 1. The molecule has 0 bridgehead atoms. The van der Waals surface area contributed by atoms with Crippen LogP contribution in [0.25, 0.3) is 0 Å². The van der Waals surface area contributed by atoms with Crippen LogP contribution in [0.15, 0.2) is 18.2 Å². The van der Waals surface area contributed by atoms with E-state index in [4.69, 9.17) is 4.74 Å². The third kappa shape index (κ3) is 3.22. The third-order valence-electron chi connectivity index (χ3n) is 3.37. The highest BCUT2D eigenvalue weighted by Crippen LogP contribution is 2.31. The summed E-state index contributed by atoms with van der Waals surface area (Å²) in [5.41, 5.74) is 2.71. The van der Waals surface area contributed by atoms with Crippen molar-refractivity contribution in [3.05, 3.63) is 29.3 Å². The molecule has 2 unspecified atom stereocenters. The van der Waals surface area contributed by atoms with E-state index in [1.165, 1.54) is 11.1 Å². The van der Waals surface area contributed by atoms with Gasteiger partial charge in [-0.05, 0) is 44.0 Å². The smallest absolute Gasteiger partial charge is 0.123 e. The van der Waals surface area contributed by atoms with Crippen molar-refractivity contribution >= 4 is 0 Å². The van der Waals surface area contributed by atoms with E-state index in [9.17, 15) is 0 Å². The molecular weight excluding hydrogens is 210 g/mol. The number of hydrogen-bond acceptors (Lipinski definition) is 2. The van der Waals surface area contributed by atoms with Crippen molar-refractivity contribution in [2.24, 2.45) is 5.92 Å². The van der Waals surface area contributed by atoms with Gasteiger partial charge in [0.25, 0.3) is 0 Å². The molecule has 0 saturated carbocycles. The maximum atomic E-state index is 5.98.